The fourth-order valence-corrected chi connectivity index (χ4v) is 4.59. The predicted molar refractivity (Wildman–Crippen MR) is 117 cm³/mol. The van der Waals surface area contributed by atoms with E-state index in [1.165, 1.54) is 12.3 Å². The Labute approximate surface area is 185 Å². The van der Waals surface area contributed by atoms with E-state index in [1.54, 1.807) is 25.1 Å². The minimum Gasteiger partial charge on any atom is -0.487 e. The summed E-state index contributed by atoms with van der Waals surface area (Å²) in [5.41, 5.74) is 3.04. The van der Waals surface area contributed by atoms with E-state index in [0.29, 0.717) is 25.2 Å². The third kappa shape index (κ3) is 3.84. The number of hydrogen-bond acceptors (Lipinski definition) is 5. The van der Waals surface area contributed by atoms with Crippen molar-refractivity contribution in [3.8, 4) is 16.9 Å². The molecule has 0 saturated carbocycles. The SMILES string of the molecule is Cc1c(F)cccc1-c1ccc2c(c1)C(NC(=O)c1cccnn1)CC1(CCOCC1)O2. The zero-order valence-electron chi connectivity index (χ0n) is 17.8. The van der Waals surface area contributed by atoms with E-state index in [9.17, 15) is 9.18 Å². The number of ether oxygens (including phenoxy) is 2. The smallest absolute Gasteiger partial charge is 0.272 e. The van der Waals surface area contributed by atoms with Gasteiger partial charge in [-0.2, -0.15) is 5.10 Å². The predicted octanol–water partition coefficient (Wildman–Crippen LogP) is 4.39. The molecule has 6 nitrogen and oxygen atoms in total. The van der Waals surface area contributed by atoms with Crippen molar-refractivity contribution >= 4 is 5.91 Å². The van der Waals surface area contributed by atoms with Gasteiger partial charge in [-0.3, -0.25) is 4.79 Å². The number of benzene rings is 2. The normalized spacial score (nSPS) is 19.1. The average Bonchev–Trinajstić information content (AvgIpc) is 2.82. The van der Waals surface area contributed by atoms with Crippen LogP contribution in [-0.4, -0.2) is 34.9 Å². The largest absolute Gasteiger partial charge is 0.487 e. The molecule has 32 heavy (non-hydrogen) atoms. The summed E-state index contributed by atoms with van der Waals surface area (Å²) in [6.07, 6.45) is 3.68. The molecule has 0 aliphatic carbocycles. The summed E-state index contributed by atoms with van der Waals surface area (Å²) in [5, 5.41) is 10.9. The Hall–Kier alpha value is -3.32. The lowest BCUT2D eigenvalue weighted by Gasteiger charge is -2.44. The second-order valence-electron chi connectivity index (χ2n) is 8.40. The van der Waals surface area contributed by atoms with Gasteiger partial charge in [-0.05, 0) is 53.9 Å². The van der Waals surface area contributed by atoms with Gasteiger partial charge < -0.3 is 14.8 Å². The van der Waals surface area contributed by atoms with Crippen molar-refractivity contribution in [3.63, 3.8) is 0 Å². The molecule has 2 aliphatic rings. The van der Waals surface area contributed by atoms with Crippen molar-refractivity contribution in [2.75, 3.05) is 13.2 Å². The van der Waals surface area contributed by atoms with Crippen molar-refractivity contribution in [2.24, 2.45) is 0 Å². The van der Waals surface area contributed by atoms with Crippen molar-refractivity contribution in [1.29, 1.82) is 0 Å². The first-order valence-corrected chi connectivity index (χ1v) is 10.8. The first-order chi connectivity index (χ1) is 15.5. The summed E-state index contributed by atoms with van der Waals surface area (Å²) >= 11 is 0. The Morgan fingerprint density at radius 2 is 2.00 bits per heavy atom. The van der Waals surface area contributed by atoms with Crippen LogP contribution in [0.25, 0.3) is 11.1 Å². The van der Waals surface area contributed by atoms with Gasteiger partial charge in [0.2, 0.25) is 0 Å². The number of halogens is 1. The molecule has 5 rings (SSSR count). The van der Waals surface area contributed by atoms with Crippen LogP contribution in [0.2, 0.25) is 0 Å². The van der Waals surface area contributed by atoms with Gasteiger partial charge in [0.05, 0.1) is 19.3 Å². The maximum Gasteiger partial charge on any atom is 0.272 e. The van der Waals surface area contributed by atoms with Crippen LogP contribution in [0.4, 0.5) is 4.39 Å². The highest BCUT2D eigenvalue weighted by molar-refractivity contribution is 5.92. The van der Waals surface area contributed by atoms with E-state index in [2.05, 4.69) is 15.5 Å². The zero-order chi connectivity index (χ0) is 22.1. The number of nitrogens with one attached hydrogen (secondary N) is 1. The van der Waals surface area contributed by atoms with E-state index >= 15 is 0 Å². The van der Waals surface area contributed by atoms with Gasteiger partial charge in [0.15, 0.2) is 5.69 Å². The maximum atomic E-state index is 14.2. The Bertz CT molecular complexity index is 1150. The lowest BCUT2D eigenvalue weighted by atomic mass is 9.81. The van der Waals surface area contributed by atoms with Crippen LogP contribution in [0, 0.1) is 12.7 Å². The number of carbonyl (C=O) groups is 1. The summed E-state index contributed by atoms with van der Waals surface area (Å²) in [6.45, 7) is 3.02. The molecule has 2 aromatic carbocycles. The van der Waals surface area contributed by atoms with E-state index < -0.39 is 0 Å². The summed E-state index contributed by atoms with van der Waals surface area (Å²) < 4.78 is 26.2. The van der Waals surface area contributed by atoms with Gasteiger partial charge in [-0.1, -0.05) is 18.2 Å². The average molecular weight is 433 g/mol. The second-order valence-corrected chi connectivity index (χ2v) is 8.40. The Morgan fingerprint density at radius 1 is 1.16 bits per heavy atom. The molecule has 3 aromatic rings. The number of carbonyl (C=O) groups excluding carboxylic acids is 1. The number of rotatable bonds is 3. The number of fused-ring (bicyclic) bond motifs is 1. The van der Waals surface area contributed by atoms with E-state index in [4.69, 9.17) is 9.47 Å². The summed E-state index contributed by atoms with van der Waals surface area (Å²) in [4.78, 5) is 12.9. The zero-order valence-corrected chi connectivity index (χ0v) is 17.8. The molecule has 164 valence electrons. The number of aromatic nitrogens is 2. The second kappa shape index (κ2) is 8.31. The van der Waals surface area contributed by atoms with E-state index in [0.717, 1.165) is 35.3 Å². The lowest BCUT2D eigenvalue weighted by molar-refractivity contribution is -0.0639. The minimum atomic E-state index is -0.387. The highest BCUT2D eigenvalue weighted by Crippen LogP contribution is 2.45. The Kier molecular flexibility index (Phi) is 5.35. The van der Waals surface area contributed by atoms with Crippen LogP contribution in [0.5, 0.6) is 5.75 Å². The number of nitrogens with zero attached hydrogens (tertiary/aromatic N) is 2. The topological polar surface area (TPSA) is 73.3 Å². The molecule has 1 fully saturated rings. The fourth-order valence-electron chi connectivity index (χ4n) is 4.59. The van der Waals surface area contributed by atoms with Gasteiger partial charge in [0.1, 0.15) is 17.2 Å². The molecule has 1 aromatic heterocycles. The van der Waals surface area contributed by atoms with Gasteiger partial charge in [-0.25, -0.2) is 4.39 Å². The number of hydrogen-bond donors (Lipinski definition) is 1. The number of amides is 1. The van der Waals surface area contributed by atoms with Crippen LogP contribution in [0.1, 0.15) is 46.9 Å². The standard InChI is InChI=1S/C25H24FN3O3/c1-16-18(4-2-5-20(16)26)17-7-8-23-19(14-17)22(15-25(32-23)9-12-31-13-10-25)28-24(30)21-6-3-11-27-29-21/h2-8,11,14,22H,9-10,12-13,15H2,1H3,(H,28,30). The quantitative estimate of drug-likeness (QED) is 0.663. The molecular formula is C25H24FN3O3. The minimum absolute atomic E-state index is 0.245. The van der Waals surface area contributed by atoms with Crippen molar-refractivity contribution in [2.45, 2.75) is 37.8 Å². The molecule has 2 aliphatic heterocycles. The van der Waals surface area contributed by atoms with Gasteiger partial charge in [0.25, 0.3) is 5.91 Å². The van der Waals surface area contributed by atoms with Crippen LogP contribution in [0.15, 0.2) is 54.7 Å². The first kappa shape index (κ1) is 20.6. The van der Waals surface area contributed by atoms with E-state index in [1.807, 2.05) is 24.3 Å². The van der Waals surface area contributed by atoms with Gasteiger partial charge in [-0.15, -0.1) is 5.10 Å². The Balaban J connectivity index is 1.54. The molecule has 0 radical (unpaired) electrons. The molecule has 3 heterocycles. The van der Waals surface area contributed by atoms with Crippen molar-refractivity contribution in [3.05, 3.63) is 77.4 Å². The molecule has 0 bridgehead atoms. The van der Waals surface area contributed by atoms with Crippen LogP contribution in [-0.2, 0) is 4.74 Å². The molecule has 1 amide bonds. The monoisotopic (exact) mass is 433 g/mol. The molecule has 1 atom stereocenters. The van der Waals surface area contributed by atoms with E-state index in [-0.39, 0.29) is 29.1 Å². The highest BCUT2D eigenvalue weighted by atomic mass is 19.1. The summed E-state index contributed by atoms with van der Waals surface area (Å²) in [7, 11) is 0. The van der Waals surface area contributed by atoms with Crippen LogP contribution >= 0.6 is 0 Å². The van der Waals surface area contributed by atoms with Crippen LogP contribution < -0.4 is 10.1 Å². The fraction of sp³-hybridized carbons (Fsp3) is 0.320. The molecule has 1 saturated heterocycles. The van der Waals surface area contributed by atoms with Crippen LogP contribution in [0.3, 0.4) is 0 Å². The van der Waals surface area contributed by atoms with Crippen molar-refractivity contribution < 1.29 is 18.7 Å². The molecular weight excluding hydrogens is 409 g/mol. The molecule has 1 unspecified atom stereocenters. The van der Waals surface area contributed by atoms with Gasteiger partial charge >= 0.3 is 0 Å². The Morgan fingerprint density at radius 3 is 2.78 bits per heavy atom. The molecule has 1 N–H and O–H groups in total. The molecule has 1 spiro atoms. The third-order valence-corrected chi connectivity index (χ3v) is 6.38. The maximum absolute atomic E-state index is 14.2. The highest BCUT2D eigenvalue weighted by Gasteiger charge is 2.43. The lowest BCUT2D eigenvalue weighted by Crippen LogP contribution is -2.48. The first-order valence-electron chi connectivity index (χ1n) is 10.8. The molecule has 7 heteroatoms. The summed E-state index contributed by atoms with van der Waals surface area (Å²) in [6, 6.07) is 14.0. The van der Waals surface area contributed by atoms with Crippen molar-refractivity contribution in [1.82, 2.24) is 15.5 Å². The third-order valence-electron chi connectivity index (χ3n) is 6.38. The summed E-state index contributed by atoms with van der Waals surface area (Å²) in [5.74, 6) is 0.205. The van der Waals surface area contributed by atoms with Gasteiger partial charge in [0, 0.05) is 31.0 Å².